The Bertz CT molecular complexity index is 1050. The van der Waals surface area contributed by atoms with Crippen molar-refractivity contribution in [2.45, 2.75) is 46.8 Å². The molecule has 34 heavy (non-hydrogen) atoms. The Hall–Kier alpha value is -3.75. The van der Waals surface area contributed by atoms with Gasteiger partial charge in [0.05, 0.1) is 18.9 Å². The van der Waals surface area contributed by atoms with Crippen molar-refractivity contribution in [1.29, 1.82) is 0 Å². The Morgan fingerprint density at radius 3 is 2.53 bits per heavy atom. The van der Waals surface area contributed by atoms with Gasteiger partial charge in [0.1, 0.15) is 6.04 Å². The lowest BCUT2D eigenvalue weighted by molar-refractivity contribution is -0.123. The first-order valence-electron chi connectivity index (χ1n) is 11.3. The molecule has 2 aromatic rings. The van der Waals surface area contributed by atoms with Crippen LogP contribution in [0.2, 0.25) is 0 Å². The molecule has 9 nitrogen and oxygen atoms in total. The van der Waals surface area contributed by atoms with Crippen LogP contribution in [0.25, 0.3) is 0 Å². The molecule has 0 aliphatic carbocycles. The lowest BCUT2D eigenvalue weighted by Gasteiger charge is -2.20. The van der Waals surface area contributed by atoms with Crippen molar-refractivity contribution in [3.8, 4) is 23.0 Å². The van der Waals surface area contributed by atoms with Crippen LogP contribution in [0.1, 0.15) is 50.5 Å². The molecule has 1 atom stereocenters. The number of ether oxygens (including phenoxy) is 4. The Morgan fingerprint density at radius 1 is 1.06 bits per heavy atom. The van der Waals surface area contributed by atoms with E-state index in [4.69, 9.17) is 18.9 Å². The molecule has 0 spiro atoms. The van der Waals surface area contributed by atoms with E-state index in [1.807, 2.05) is 40.7 Å². The normalized spacial score (nSPS) is 13.3. The topological polar surface area (TPSA) is 107 Å². The van der Waals surface area contributed by atoms with Crippen molar-refractivity contribution in [3.63, 3.8) is 0 Å². The second-order valence-corrected chi connectivity index (χ2v) is 8.30. The Balaban J connectivity index is 1.64. The van der Waals surface area contributed by atoms with Gasteiger partial charge in [-0.2, -0.15) is 5.10 Å². The molecule has 1 heterocycles. The number of carbonyl (C=O) groups is 2. The molecule has 0 fully saturated rings. The number of fused-ring (bicyclic) bond motifs is 1. The van der Waals surface area contributed by atoms with Gasteiger partial charge in [-0.15, -0.1) is 0 Å². The summed E-state index contributed by atoms with van der Waals surface area (Å²) in [4.78, 5) is 25.5. The molecule has 2 aromatic carbocycles. The van der Waals surface area contributed by atoms with E-state index in [9.17, 15) is 9.59 Å². The van der Waals surface area contributed by atoms with E-state index in [1.54, 1.807) is 30.3 Å². The quantitative estimate of drug-likeness (QED) is 0.407. The minimum absolute atomic E-state index is 0.0128. The molecule has 0 aromatic heterocycles. The van der Waals surface area contributed by atoms with E-state index in [-0.39, 0.29) is 18.8 Å². The summed E-state index contributed by atoms with van der Waals surface area (Å²) in [5, 5.41) is 6.82. The fraction of sp³-hybridized carbons (Fsp3) is 0.400. The fourth-order valence-corrected chi connectivity index (χ4v) is 3.26. The van der Waals surface area contributed by atoms with E-state index in [0.29, 0.717) is 35.2 Å². The maximum atomic E-state index is 12.7. The summed E-state index contributed by atoms with van der Waals surface area (Å²) in [5.41, 5.74) is 3.61. The average Bonchev–Trinajstić information content (AvgIpc) is 3.26. The molecule has 1 unspecified atom stereocenters. The van der Waals surface area contributed by atoms with Crippen LogP contribution in [0.4, 0.5) is 0 Å². The molecule has 0 bridgehead atoms. The van der Waals surface area contributed by atoms with E-state index >= 15 is 0 Å². The summed E-state index contributed by atoms with van der Waals surface area (Å²) < 4.78 is 22.0. The minimum atomic E-state index is -0.782. The molecule has 2 N–H and O–H groups in total. The van der Waals surface area contributed by atoms with E-state index in [1.165, 1.54) is 6.21 Å². The standard InChI is InChI=1S/C25H31N3O6/c1-6-31-21-11-17(7-9-20(21)34-16(4)5)13-26-28-25(30)23(15(2)3)27-24(29)18-8-10-19-22(12-18)33-14-32-19/h7-13,15-16,23H,6,14H2,1-5H3,(H,27,29)(H,28,30). The summed E-state index contributed by atoms with van der Waals surface area (Å²) >= 11 is 0. The van der Waals surface area contributed by atoms with Crippen LogP contribution >= 0.6 is 0 Å². The Kier molecular flexibility index (Phi) is 8.34. The van der Waals surface area contributed by atoms with Gasteiger partial charge < -0.3 is 24.3 Å². The van der Waals surface area contributed by atoms with Crippen LogP contribution in [0, 0.1) is 5.92 Å². The number of hydrogen-bond acceptors (Lipinski definition) is 7. The van der Waals surface area contributed by atoms with E-state index < -0.39 is 17.9 Å². The fourth-order valence-electron chi connectivity index (χ4n) is 3.26. The number of nitrogens with zero attached hydrogens (tertiary/aromatic N) is 1. The molecule has 1 aliphatic heterocycles. The summed E-state index contributed by atoms with van der Waals surface area (Å²) in [7, 11) is 0. The van der Waals surface area contributed by atoms with Gasteiger partial charge in [0, 0.05) is 5.56 Å². The van der Waals surface area contributed by atoms with Gasteiger partial charge in [-0.25, -0.2) is 5.43 Å². The highest BCUT2D eigenvalue weighted by molar-refractivity contribution is 5.98. The lowest BCUT2D eigenvalue weighted by Crippen LogP contribution is -2.48. The van der Waals surface area contributed by atoms with Crippen molar-refractivity contribution in [2.75, 3.05) is 13.4 Å². The zero-order valence-electron chi connectivity index (χ0n) is 20.1. The van der Waals surface area contributed by atoms with Crippen molar-refractivity contribution < 1.29 is 28.5 Å². The molecule has 182 valence electrons. The van der Waals surface area contributed by atoms with Crippen LogP contribution < -0.4 is 29.7 Å². The largest absolute Gasteiger partial charge is 0.490 e. The second kappa shape index (κ2) is 11.4. The predicted octanol–water partition coefficient (Wildman–Crippen LogP) is 3.51. The highest BCUT2D eigenvalue weighted by Crippen LogP contribution is 2.32. The van der Waals surface area contributed by atoms with Crippen LogP contribution in [0.15, 0.2) is 41.5 Å². The van der Waals surface area contributed by atoms with Gasteiger partial charge >= 0.3 is 0 Å². The second-order valence-electron chi connectivity index (χ2n) is 8.30. The van der Waals surface area contributed by atoms with Gasteiger partial charge in [-0.1, -0.05) is 13.8 Å². The van der Waals surface area contributed by atoms with Crippen molar-refractivity contribution in [3.05, 3.63) is 47.5 Å². The van der Waals surface area contributed by atoms with Gasteiger partial charge in [-0.05, 0) is 68.7 Å². The molecular formula is C25H31N3O6. The smallest absolute Gasteiger partial charge is 0.262 e. The predicted molar refractivity (Wildman–Crippen MR) is 128 cm³/mol. The number of hydrogen-bond donors (Lipinski definition) is 2. The summed E-state index contributed by atoms with van der Waals surface area (Å²) in [6.07, 6.45) is 1.52. The zero-order chi connectivity index (χ0) is 24.7. The molecule has 9 heteroatoms. The van der Waals surface area contributed by atoms with Crippen molar-refractivity contribution in [1.82, 2.24) is 10.7 Å². The number of benzene rings is 2. The summed E-state index contributed by atoms with van der Waals surface area (Å²) in [5.74, 6) is 1.35. The third-order valence-electron chi connectivity index (χ3n) is 4.89. The van der Waals surface area contributed by atoms with Gasteiger partial charge in [0.25, 0.3) is 11.8 Å². The monoisotopic (exact) mass is 469 g/mol. The summed E-state index contributed by atoms with van der Waals surface area (Å²) in [6.45, 7) is 10.1. The molecule has 0 saturated heterocycles. The highest BCUT2D eigenvalue weighted by Gasteiger charge is 2.25. The van der Waals surface area contributed by atoms with Gasteiger partial charge in [0.2, 0.25) is 6.79 Å². The third kappa shape index (κ3) is 6.40. The lowest BCUT2D eigenvalue weighted by atomic mass is 10.0. The Labute approximate surface area is 199 Å². The first kappa shape index (κ1) is 24.9. The van der Waals surface area contributed by atoms with Crippen LogP contribution in [-0.4, -0.2) is 43.6 Å². The van der Waals surface area contributed by atoms with Gasteiger partial charge in [-0.3, -0.25) is 9.59 Å². The number of amides is 2. The van der Waals surface area contributed by atoms with Crippen molar-refractivity contribution in [2.24, 2.45) is 11.0 Å². The third-order valence-corrected chi connectivity index (χ3v) is 4.89. The SMILES string of the molecule is CCOc1cc(C=NNC(=O)C(NC(=O)c2ccc3c(c2)OCO3)C(C)C)ccc1OC(C)C. The molecule has 3 rings (SSSR count). The molecule has 0 radical (unpaired) electrons. The number of carbonyl (C=O) groups excluding carboxylic acids is 2. The maximum Gasteiger partial charge on any atom is 0.262 e. The number of hydrazone groups is 1. The minimum Gasteiger partial charge on any atom is -0.490 e. The van der Waals surface area contributed by atoms with Crippen LogP contribution in [0.5, 0.6) is 23.0 Å². The van der Waals surface area contributed by atoms with Crippen LogP contribution in [0.3, 0.4) is 0 Å². The van der Waals surface area contributed by atoms with E-state index in [2.05, 4.69) is 15.8 Å². The number of rotatable bonds is 10. The number of nitrogens with one attached hydrogen (secondary N) is 2. The van der Waals surface area contributed by atoms with Gasteiger partial charge in [0.15, 0.2) is 23.0 Å². The van der Waals surface area contributed by atoms with E-state index in [0.717, 1.165) is 5.56 Å². The molecular weight excluding hydrogens is 438 g/mol. The Morgan fingerprint density at radius 2 is 1.82 bits per heavy atom. The molecule has 1 aliphatic rings. The first-order chi connectivity index (χ1) is 16.3. The molecule has 2 amide bonds. The average molecular weight is 470 g/mol. The van der Waals surface area contributed by atoms with Crippen molar-refractivity contribution >= 4 is 18.0 Å². The van der Waals surface area contributed by atoms with Crippen LogP contribution in [-0.2, 0) is 4.79 Å². The molecule has 0 saturated carbocycles. The maximum absolute atomic E-state index is 12.7. The zero-order valence-corrected chi connectivity index (χ0v) is 20.1. The first-order valence-corrected chi connectivity index (χ1v) is 11.3. The summed E-state index contributed by atoms with van der Waals surface area (Å²) in [6, 6.07) is 9.51. The highest BCUT2D eigenvalue weighted by atomic mass is 16.7.